The van der Waals surface area contributed by atoms with Crippen molar-refractivity contribution < 1.29 is 9.59 Å². The van der Waals surface area contributed by atoms with Gasteiger partial charge in [-0.15, -0.1) is 0 Å². The number of para-hydroxylation sites is 1. The van der Waals surface area contributed by atoms with Gasteiger partial charge < -0.3 is 5.32 Å². The molecule has 5 nitrogen and oxygen atoms in total. The Morgan fingerprint density at radius 3 is 2.35 bits per heavy atom. The van der Waals surface area contributed by atoms with Crippen LogP contribution < -0.4 is 10.7 Å². The summed E-state index contributed by atoms with van der Waals surface area (Å²) in [5, 5.41) is 7.23. The maximum atomic E-state index is 11.9. The minimum absolute atomic E-state index is 0.0930. The fraction of sp³-hybridized carbons (Fsp3) is 0.118. The zero-order chi connectivity index (χ0) is 16.7. The van der Waals surface area contributed by atoms with E-state index in [-0.39, 0.29) is 18.2 Å². The molecule has 2 aromatic rings. The van der Waals surface area contributed by atoms with Gasteiger partial charge in [0.1, 0.15) is 0 Å². The minimum atomic E-state index is -0.357. The highest BCUT2D eigenvalue weighted by molar-refractivity contribution is 6.30. The molecule has 0 unspecified atom stereocenters. The van der Waals surface area contributed by atoms with E-state index in [1.165, 1.54) is 0 Å². The van der Waals surface area contributed by atoms with Gasteiger partial charge in [-0.25, -0.2) is 5.43 Å². The maximum absolute atomic E-state index is 11.9. The standard InChI is InChI=1S/C17H16ClN3O2/c1-12(11-16(22)19-15-5-3-2-4-6-15)20-21-17(23)13-7-9-14(18)10-8-13/h2-10H,11H2,1H3,(H,19,22)(H,21,23)/b20-12-. The van der Waals surface area contributed by atoms with E-state index in [2.05, 4.69) is 15.8 Å². The summed E-state index contributed by atoms with van der Waals surface area (Å²) >= 11 is 5.76. The Balaban J connectivity index is 1.86. The fourth-order valence-electron chi connectivity index (χ4n) is 1.81. The van der Waals surface area contributed by atoms with Crippen LogP contribution in [-0.4, -0.2) is 17.5 Å². The summed E-state index contributed by atoms with van der Waals surface area (Å²) in [6.07, 6.45) is 0.0930. The van der Waals surface area contributed by atoms with Gasteiger partial charge in [-0.2, -0.15) is 5.10 Å². The first-order valence-corrected chi connectivity index (χ1v) is 7.36. The van der Waals surface area contributed by atoms with Crippen LogP contribution in [0.25, 0.3) is 0 Å². The molecular formula is C17H16ClN3O2. The fourth-order valence-corrected chi connectivity index (χ4v) is 1.94. The number of anilines is 1. The van der Waals surface area contributed by atoms with Crippen molar-refractivity contribution in [3.63, 3.8) is 0 Å². The molecule has 0 spiro atoms. The third kappa shape index (κ3) is 5.56. The molecule has 23 heavy (non-hydrogen) atoms. The van der Waals surface area contributed by atoms with E-state index in [1.54, 1.807) is 43.3 Å². The zero-order valence-electron chi connectivity index (χ0n) is 12.5. The first-order chi connectivity index (χ1) is 11.0. The lowest BCUT2D eigenvalue weighted by molar-refractivity contribution is -0.115. The van der Waals surface area contributed by atoms with Crippen LogP contribution in [0, 0.1) is 0 Å². The number of hydrazone groups is 1. The number of rotatable bonds is 5. The summed E-state index contributed by atoms with van der Waals surface area (Å²) < 4.78 is 0. The van der Waals surface area contributed by atoms with Crippen molar-refractivity contribution in [2.45, 2.75) is 13.3 Å². The number of halogens is 1. The molecule has 0 atom stereocenters. The predicted octanol–water partition coefficient (Wildman–Crippen LogP) is 3.47. The highest BCUT2D eigenvalue weighted by Gasteiger charge is 2.07. The zero-order valence-corrected chi connectivity index (χ0v) is 13.3. The van der Waals surface area contributed by atoms with Gasteiger partial charge in [0.2, 0.25) is 5.91 Å². The molecule has 2 aromatic carbocycles. The number of benzene rings is 2. The summed E-state index contributed by atoms with van der Waals surface area (Å²) in [4.78, 5) is 23.7. The van der Waals surface area contributed by atoms with Crippen LogP contribution in [0.2, 0.25) is 5.02 Å². The molecule has 2 rings (SSSR count). The monoisotopic (exact) mass is 329 g/mol. The van der Waals surface area contributed by atoms with Crippen LogP contribution in [0.1, 0.15) is 23.7 Å². The van der Waals surface area contributed by atoms with Gasteiger partial charge in [-0.3, -0.25) is 9.59 Å². The van der Waals surface area contributed by atoms with E-state index in [0.29, 0.717) is 16.3 Å². The third-order valence-electron chi connectivity index (χ3n) is 2.93. The Morgan fingerprint density at radius 2 is 1.70 bits per heavy atom. The molecule has 0 fully saturated rings. The van der Waals surface area contributed by atoms with E-state index in [1.807, 2.05) is 18.2 Å². The van der Waals surface area contributed by atoms with E-state index in [0.717, 1.165) is 5.69 Å². The second-order valence-electron chi connectivity index (χ2n) is 4.89. The lowest BCUT2D eigenvalue weighted by Gasteiger charge is -2.05. The van der Waals surface area contributed by atoms with Gasteiger partial charge in [-0.1, -0.05) is 29.8 Å². The van der Waals surface area contributed by atoms with Crippen molar-refractivity contribution in [1.29, 1.82) is 0 Å². The summed E-state index contributed by atoms with van der Waals surface area (Å²) in [6, 6.07) is 15.6. The Kier molecular flexibility index (Phi) is 5.88. The van der Waals surface area contributed by atoms with Gasteiger partial charge in [-0.05, 0) is 43.3 Å². The second kappa shape index (κ2) is 8.10. The third-order valence-corrected chi connectivity index (χ3v) is 3.18. The van der Waals surface area contributed by atoms with Crippen LogP contribution in [0.5, 0.6) is 0 Å². The van der Waals surface area contributed by atoms with Crippen LogP contribution >= 0.6 is 11.6 Å². The number of hydrogen-bond donors (Lipinski definition) is 2. The summed E-state index contributed by atoms with van der Waals surface area (Å²) in [5.74, 6) is -0.553. The molecule has 0 saturated carbocycles. The molecule has 0 saturated heterocycles. The number of carbonyl (C=O) groups is 2. The first kappa shape index (κ1) is 16.7. The Morgan fingerprint density at radius 1 is 1.04 bits per heavy atom. The van der Waals surface area contributed by atoms with Crippen LogP contribution in [0.15, 0.2) is 59.7 Å². The highest BCUT2D eigenvalue weighted by Crippen LogP contribution is 2.09. The smallest absolute Gasteiger partial charge is 0.271 e. The summed E-state index contributed by atoms with van der Waals surface area (Å²) in [5.41, 5.74) is 4.08. The molecule has 2 amide bonds. The number of nitrogens with one attached hydrogen (secondary N) is 2. The van der Waals surface area contributed by atoms with Crippen molar-refractivity contribution in [1.82, 2.24) is 5.43 Å². The Bertz CT molecular complexity index is 712. The van der Waals surface area contributed by atoms with Gasteiger partial charge >= 0.3 is 0 Å². The number of amides is 2. The molecule has 0 aliphatic rings. The summed E-state index contributed by atoms with van der Waals surface area (Å²) in [7, 11) is 0. The van der Waals surface area contributed by atoms with Crippen molar-refractivity contribution in [3.05, 3.63) is 65.2 Å². The van der Waals surface area contributed by atoms with Crippen molar-refractivity contribution in [2.75, 3.05) is 5.32 Å². The normalized spacial score (nSPS) is 11.0. The van der Waals surface area contributed by atoms with Crippen molar-refractivity contribution in [2.24, 2.45) is 5.10 Å². The molecule has 0 aliphatic carbocycles. The first-order valence-electron chi connectivity index (χ1n) is 6.98. The van der Waals surface area contributed by atoms with E-state index < -0.39 is 0 Å². The lowest BCUT2D eigenvalue weighted by Crippen LogP contribution is -2.21. The number of hydrogen-bond acceptors (Lipinski definition) is 3. The lowest BCUT2D eigenvalue weighted by atomic mass is 10.2. The average molecular weight is 330 g/mol. The minimum Gasteiger partial charge on any atom is -0.326 e. The van der Waals surface area contributed by atoms with E-state index in [9.17, 15) is 9.59 Å². The van der Waals surface area contributed by atoms with Gasteiger partial charge in [0.25, 0.3) is 5.91 Å². The highest BCUT2D eigenvalue weighted by atomic mass is 35.5. The van der Waals surface area contributed by atoms with Gasteiger partial charge in [0, 0.05) is 22.0 Å². The summed E-state index contributed by atoms with van der Waals surface area (Å²) in [6.45, 7) is 1.67. The van der Waals surface area contributed by atoms with Crippen molar-refractivity contribution >= 4 is 34.8 Å². The van der Waals surface area contributed by atoms with Crippen LogP contribution in [-0.2, 0) is 4.79 Å². The van der Waals surface area contributed by atoms with Gasteiger partial charge in [0.05, 0.1) is 6.42 Å². The largest absolute Gasteiger partial charge is 0.326 e. The van der Waals surface area contributed by atoms with E-state index in [4.69, 9.17) is 11.6 Å². The Hall–Kier alpha value is -2.66. The number of carbonyl (C=O) groups excluding carboxylic acids is 2. The SMILES string of the molecule is C/C(CC(=O)Nc1ccccc1)=N/NC(=O)c1ccc(Cl)cc1. The molecule has 0 heterocycles. The molecule has 6 heteroatoms. The number of nitrogens with zero attached hydrogens (tertiary/aromatic N) is 1. The molecule has 0 aliphatic heterocycles. The average Bonchev–Trinajstić information content (AvgIpc) is 2.54. The molecule has 0 radical (unpaired) electrons. The molecular weight excluding hydrogens is 314 g/mol. The quantitative estimate of drug-likeness (QED) is 0.651. The molecule has 118 valence electrons. The Labute approximate surface area is 139 Å². The van der Waals surface area contributed by atoms with Gasteiger partial charge in [0.15, 0.2) is 0 Å². The molecule has 2 N–H and O–H groups in total. The van der Waals surface area contributed by atoms with E-state index >= 15 is 0 Å². The van der Waals surface area contributed by atoms with Crippen molar-refractivity contribution in [3.8, 4) is 0 Å². The van der Waals surface area contributed by atoms with Crippen LogP contribution in [0.4, 0.5) is 5.69 Å². The predicted molar refractivity (Wildman–Crippen MR) is 91.7 cm³/mol. The van der Waals surface area contributed by atoms with Crippen LogP contribution in [0.3, 0.4) is 0 Å². The molecule has 0 bridgehead atoms. The maximum Gasteiger partial charge on any atom is 0.271 e. The topological polar surface area (TPSA) is 70.6 Å². The second-order valence-corrected chi connectivity index (χ2v) is 5.32. The molecule has 0 aromatic heterocycles.